The Kier molecular flexibility index (Phi) is 3.60. The molecule has 1 rings (SSSR count). The van der Waals surface area contributed by atoms with Gasteiger partial charge in [0.1, 0.15) is 0 Å². The number of carbonyl (C=O) groups excluding carboxylic acids is 1. The Morgan fingerprint density at radius 2 is 2.06 bits per heavy atom. The molecule has 0 spiro atoms. The summed E-state index contributed by atoms with van der Waals surface area (Å²) in [6.07, 6.45) is -5.06. The molecule has 1 amide bonds. The number of halogens is 4. The van der Waals surface area contributed by atoms with Crippen LogP contribution in [0.15, 0.2) is 0 Å². The van der Waals surface area contributed by atoms with Gasteiger partial charge in [-0.3, -0.25) is 4.79 Å². The molecule has 1 aliphatic rings. The van der Waals surface area contributed by atoms with Gasteiger partial charge >= 0.3 is 18.1 Å². The molecule has 17 heavy (non-hydrogen) atoms. The molecular formula is C8H10F4N2O3. The topological polar surface area (TPSA) is 78.4 Å². The van der Waals surface area contributed by atoms with Gasteiger partial charge in [-0.05, 0) is 0 Å². The van der Waals surface area contributed by atoms with Gasteiger partial charge in [-0.15, -0.1) is 0 Å². The predicted molar refractivity (Wildman–Crippen MR) is 46.9 cm³/mol. The molecule has 1 fully saturated rings. The number of nitrogens with one attached hydrogen (secondary N) is 2. The second-order valence-corrected chi connectivity index (χ2v) is 3.70. The summed E-state index contributed by atoms with van der Waals surface area (Å²) >= 11 is 0. The molecule has 2 atom stereocenters. The van der Waals surface area contributed by atoms with Crippen molar-refractivity contribution in [2.75, 3.05) is 19.6 Å². The van der Waals surface area contributed by atoms with Gasteiger partial charge in [0.25, 0.3) is 0 Å². The Morgan fingerprint density at radius 3 is 2.53 bits per heavy atom. The zero-order valence-electron chi connectivity index (χ0n) is 8.47. The van der Waals surface area contributed by atoms with Crippen LogP contribution in [-0.4, -0.2) is 48.5 Å². The van der Waals surface area contributed by atoms with Crippen LogP contribution in [0.4, 0.5) is 17.6 Å². The normalized spacial score (nSPS) is 29.1. The quantitative estimate of drug-likeness (QED) is 0.606. The first-order valence-electron chi connectivity index (χ1n) is 4.66. The number of rotatable bonds is 3. The Labute approximate surface area is 93.2 Å². The smallest absolute Gasteiger partial charge is 0.471 e. The highest BCUT2D eigenvalue weighted by Gasteiger charge is 2.51. The zero-order valence-corrected chi connectivity index (χ0v) is 8.47. The molecule has 0 saturated carbocycles. The zero-order chi connectivity index (χ0) is 13.3. The van der Waals surface area contributed by atoms with Crippen molar-refractivity contribution in [2.45, 2.75) is 11.8 Å². The van der Waals surface area contributed by atoms with Crippen LogP contribution in [0.5, 0.6) is 0 Å². The van der Waals surface area contributed by atoms with Gasteiger partial charge in [0.2, 0.25) is 5.67 Å². The SMILES string of the molecule is O=C(NCC1CNCC1(F)C(=O)O)C(F)(F)F. The minimum absolute atomic E-state index is 0.110. The Balaban J connectivity index is 2.58. The molecule has 9 heteroatoms. The van der Waals surface area contributed by atoms with E-state index in [0.29, 0.717) is 0 Å². The van der Waals surface area contributed by atoms with E-state index in [-0.39, 0.29) is 6.54 Å². The minimum Gasteiger partial charge on any atom is -0.479 e. The van der Waals surface area contributed by atoms with Gasteiger partial charge in [-0.25, -0.2) is 9.18 Å². The fourth-order valence-electron chi connectivity index (χ4n) is 1.53. The van der Waals surface area contributed by atoms with Crippen LogP contribution in [-0.2, 0) is 9.59 Å². The molecule has 1 heterocycles. The molecule has 3 N–H and O–H groups in total. The van der Waals surface area contributed by atoms with Crippen molar-refractivity contribution in [3.63, 3.8) is 0 Å². The number of alkyl halides is 4. The Bertz CT molecular complexity index is 333. The lowest BCUT2D eigenvalue weighted by Gasteiger charge is -2.22. The van der Waals surface area contributed by atoms with Crippen molar-refractivity contribution in [3.05, 3.63) is 0 Å². The number of carboxylic acids is 1. The third-order valence-electron chi connectivity index (χ3n) is 2.54. The molecule has 0 aromatic rings. The van der Waals surface area contributed by atoms with Crippen molar-refractivity contribution in [2.24, 2.45) is 5.92 Å². The van der Waals surface area contributed by atoms with Crippen LogP contribution < -0.4 is 10.6 Å². The van der Waals surface area contributed by atoms with Gasteiger partial charge in [0, 0.05) is 25.6 Å². The molecule has 98 valence electrons. The molecule has 0 radical (unpaired) electrons. The lowest BCUT2D eigenvalue weighted by molar-refractivity contribution is -0.174. The second kappa shape index (κ2) is 4.47. The Hall–Kier alpha value is -1.38. The molecule has 0 aromatic carbocycles. The van der Waals surface area contributed by atoms with Gasteiger partial charge in [-0.2, -0.15) is 13.2 Å². The van der Waals surface area contributed by atoms with E-state index >= 15 is 0 Å². The summed E-state index contributed by atoms with van der Waals surface area (Å²) < 4.78 is 49.3. The summed E-state index contributed by atoms with van der Waals surface area (Å²) in [7, 11) is 0. The maximum Gasteiger partial charge on any atom is 0.471 e. The molecule has 5 nitrogen and oxygen atoms in total. The highest BCUT2D eigenvalue weighted by molar-refractivity contribution is 5.82. The fraction of sp³-hybridized carbons (Fsp3) is 0.750. The summed E-state index contributed by atoms with van der Waals surface area (Å²) in [5, 5.41) is 12.5. The van der Waals surface area contributed by atoms with Crippen molar-refractivity contribution in [1.29, 1.82) is 0 Å². The number of aliphatic carboxylic acids is 1. The summed E-state index contributed by atoms with van der Waals surface area (Å²) in [6.45, 7) is -1.29. The summed E-state index contributed by atoms with van der Waals surface area (Å²) in [6, 6.07) is 0. The number of carbonyl (C=O) groups is 2. The van der Waals surface area contributed by atoms with Crippen molar-refractivity contribution >= 4 is 11.9 Å². The van der Waals surface area contributed by atoms with Crippen LogP contribution in [0.3, 0.4) is 0 Å². The van der Waals surface area contributed by atoms with Crippen molar-refractivity contribution in [3.8, 4) is 0 Å². The van der Waals surface area contributed by atoms with Crippen molar-refractivity contribution in [1.82, 2.24) is 10.6 Å². The Morgan fingerprint density at radius 1 is 1.47 bits per heavy atom. The highest BCUT2D eigenvalue weighted by Crippen LogP contribution is 2.26. The van der Waals surface area contributed by atoms with Crippen molar-refractivity contribution < 1.29 is 32.3 Å². The van der Waals surface area contributed by atoms with E-state index < -0.39 is 42.7 Å². The van der Waals surface area contributed by atoms with E-state index in [2.05, 4.69) is 5.32 Å². The lowest BCUT2D eigenvalue weighted by Crippen LogP contribution is -2.48. The largest absolute Gasteiger partial charge is 0.479 e. The summed E-state index contributed by atoms with van der Waals surface area (Å²) in [4.78, 5) is 21.1. The number of amides is 1. The van der Waals surface area contributed by atoms with Gasteiger partial charge in [-0.1, -0.05) is 0 Å². The first-order valence-corrected chi connectivity index (χ1v) is 4.66. The fourth-order valence-corrected chi connectivity index (χ4v) is 1.53. The molecule has 0 bridgehead atoms. The number of carboxylic acid groups (broad SMARTS) is 1. The first kappa shape index (κ1) is 13.7. The first-order chi connectivity index (χ1) is 7.68. The van der Waals surface area contributed by atoms with Crippen LogP contribution in [0, 0.1) is 5.92 Å². The lowest BCUT2D eigenvalue weighted by atomic mass is 9.93. The van der Waals surface area contributed by atoms with Gasteiger partial charge in [0.05, 0.1) is 0 Å². The molecule has 1 aliphatic heterocycles. The predicted octanol–water partition coefficient (Wildman–Crippen LogP) is -0.323. The average Bonchev–Trinajstić information content (AvgIpc) is 2.56. The van der Waals surface area contributed by atoms with E-state index in [9.17, 15) is 27.2 Å². The van der Waals surface area contributed by atoms with E-state index in [1.54, 1.807) is 0 Å². The highest BCUT2D eigenvalue weighted by atomic mass is 19.4. The van der Waals surface area contributed by atoms with Crippen LogP contribution in [0.1, 0.15) is 0 Å². The van der Waals surface area contributed by atoms with E-state index in [4.69, 9.17) is 5.11 Å². The summed E-state index contributed by atoms with van der Waals surface area (Å²) in [5.74, 6) is -5.20. The minimum atomic E-state index is -5.06. The third-order valence-corrected chi connectivity index (χ3v) is 2.54. The van der Waals surface area contributed by atoms with Crippen LogP contribution in [0.2, 0.25) is 0 Å². The maximum atomic E-state index is 13.8. The molecule has 0 aliphatic carbocycles. The molecule has 2 unspecified atom stereocenters. The second-order valence-electron chi connectivity index (χ2n) is 3.70. The number of hydrogen-bond donors (Lipinski definition) is 3. The van der Waals surface area contributed by atoms with E-state index in [1.807, 2.05) is 0 Å². The standard InChI is InChI=1S/C8H10F4N2O3/c9-7(6(16)17)3-13-1-4(7)2-14-5(15)8(10,11)12/h4,13H,1-3H2,(H,14,15)(H,16,17). The number of hydrogen-bond acceptors (Lipinski definition) is 3. The summed E-state index contributed by atoms with van der Waals surface area (Å²) in [5.41, 5.74) is -2.65. The molecule has 0 aromatic heterocycles. The molecule has 1 saturated heterocycles. The van der Waals surface area contributed by atoms with Crippen LogP contribution in [0.25, 0.3) is 0 Å². The van der Waals surface area contributed by atoms with E-state index in [1.165, 1.54) is 5.32 Å². The van der Waals surface area contributed by atoms with Gasteiger partial charge < -0.3 is 15.7 Å². The average molecular weight is 258 g/mol. The maximum absolute atomic E-state index is 13.8. The molecular weight excluding hydrogens is 248 g/mol. The van der Waals surface area contributed by atoms with Crippen LogP contribution >= 0.6 is 0 Å². The monoisotopic (exact) mass is 258 g/mol. The van der Waals surface area contributed by atoms with E-state index in [0.717, 1.165) is 0 Å². The third kappa shape index (κ3) is 2.84. The van der Waals surface area contributed by atoms with Gasteiger partial charge in [0.15, 0.2) is 0 Å².